The second kappa shape index (κ2) is 8.73. The zero-order valence-electron chi connectivity index (χ0n) is 17.0. The zero-order valence-corrected chi connectivity index (χ0v) is 17.9. The molecule has 4 rings (SSSR count). The van der Waals surface area contributed by atoms with Gasteiger partial charge in [0.1, 0.15) is 10.7 Å². The largest absolute Gasteiger partial charge is 0.478 e. The molecule has 2 aromatic carbocycles. The lowest BCUT2D eigenvalue weighted by Crippen LogP contribution is -2.08. The van der Waals surface area contributed by atoms with E-state index in [1.807, 2.05) is 34.9 Å². The van der Waals surface area contributed by atoms with Crippen LogP contribution in [0.4, 0.5) is 0 Å². The molecule has 0 unspecified atom stereocenters. The Morgan fingerprint density at radius 3 is 2.39 bits per heavy atom. The molecule has 0 saturated carbocycles. The molecule has 31 heavy (non-hydrogen) atoms. The molecule has 0 radical (unpaired) electrons. The monoisotopic (exact) mass is 434 g/mol. The van der Waals surface area contributed by atoms with Crippen molar-refractivity contribution in [3.8, 4) is 11.1 Å². The SMILES string of the molecule is CCCCc1nc2scc(C(=O)O)c2n1Cc1ccc(-c2ccccc2C(=O)O)cc1. The highest BCUT2D eigenvalue weighted by molar-refractivity contribution is 7.17. The zero-order chi connectivity index (χ0) is 22.0. The fourth-order valence-electron chi connectivity index (χ4n) is 3.73. The summed E-state index contributed by atoms with van der Waals surface area (Å²) in [6.45, 7) is 2.62. The molecule has 0 amide bonds. The van der Waals surface area contributed by atoms with Crippen LogP contribution in [-0.2, 0) is 13.0 Å². The lowest BCUT2D eigenvalue weighted by atomic mass is 9.99. The molecule has 0 bridgehead atoms. The van der Waals surface area contributed by atoms with E-state index in [9.17, 15) is 19.8 Å². The highest BCUT2D eigenvalue weighted by Gasteiger charge is 2.20. The maximum Gasteiger partial charge on any atom is 0.338 e. The van der Waals surface area contributed by atoms with Gasteiger partial charge in [0, 0.05) is 18.3 Å². The molecule has 0 aliphatic heterocycles. The van der Waals surface area contributed by atoms with Crippen molar-refractivity contribution < 1.29 is 19.8 Å². The number of hydrogen-bond donors (Lipinski definition) is 2. The van der Waals surface area contributed by atoms with Crippen molar-refractivity contribution in [2.45, 2.75) is 32.7 Å². The van der Waals surface area contributed by atoms with Crippen molar-refractivity contribution in [3.05, 3.63) is 76.4 Å². The van der Waals surface area contributed by atoms with Crippen LogP contribution >= 0.6 is 11.3 Å². The molecular formula is C24H22N2O4S. The topological polar surface area (TPSA) is 92.4 Å². The van der Waals surface area contributed by atoms with Gasteiger partial charge in [0.25, 0.3) is 0 Å². The van der Waals surface area contributed by atoms with Crippen LogP contribution in [0, 0.1) is 0 Å². The number of carbonyl (C=O) groups is 2. The van der Waals surface area contributed by atoms with E-state index in [1.165, 1.54) is 11.3 Å². The molecule has 2 heterocycles. The van der Waals surface area contributed by atoms with Gasteiger partial charge in [-0.2, -0.15) is 0 Å². The first-order valence-corrected chi connectivity index (χ1v) is 11.0. The molecule has 0 spiro atoms. The number of hydrogen-bond acceptors (Lipinski definition) is 4. The number of carboxylic acids is 2. The number of rotatable bonds is 8. The van der Waals surface area contributed by atoms with Crippen molar-refractivity contribution in [2.75, 3.05) is 0 Å². The van der Waals surface area contributed by atoms with Gasteiger partial charge in [0.05, 0.1) is 16.6 Å². The Morgan fingerprint density at radius 1 is 1.00 bits per heavy atom. The van der Waals surface area contributed by atoms with Crippen molar-refractivity contribution in [3.63, 3.8) is 0 Å². The lowest BCUT2D eigenvalue weighted by Gasteiger charge is -2.11. The van der Waals surface area contributed by atoms with Crippen molar-refractivity contribution in [2.24, 2.45) is 0 Å². The van der Waals surface area contributed by atoms with E-state index in [0.717, 1.165) is 41.0 Å². The second-order valence-electron chi connectivity index (χ2n) is 7.37. The van der Waals surface area contributed by atoms with Crippen LogP contribution in [0.25, 0.3) is 21.5 Å². The van der Waals surface area contributed by atoms with Gasteiger partial charge in [-0.1, -0.05) is 55.8 Å². The van der Waals surface area contributed by atoms with Gasteiger partial charge in [-0.3, -0.25) is 0 Å². The first kappa shape index (κ1) is 20.8. The average Bonchev–Trinajstić information content (AvgIpc) is 3.32. The maximum atomic E-state index is 11.7. The fraction of sp³-hybridized carbons (Fsp3) is 0.208. The van der Waals surface area contributed by atoms with E-state index in [4.69, 9.17) is 4.98 Å². The van der Waals surface area contributed by atoms with E-state index in [0.29, 0.717) is 17.6 Å². The molecule has 6 nitrogen and oxygen atoms in total. The summed E-state index contributed by atoms with van der Waals surface area (Å²) in [5, 5.41) is 20.7. The molecule has 0 aliphatic carbocycles. The lowest BCUT2D eigenvalue weighted by molar-refractivity contribution is 0.0687. The molecule has 158 valence electrons. The number of aryl methyl sites for hydroxylation is 1. The number of unbranched alkanes of at least 4 members (excludes halogenated alkanes) is 1. The smallest absolute Gasteiger partial charge is 0.338 e. The summed E-state index contributed by atoms with van der Waals surface area (Å²) in [5.41, 5.74) is 3.70. The summed E-state index contributed by atoms with van der Waals surface area (Å²) in [6, 6.07) is 14.6. The minimum Gasteiger partial charge on any atom is -0.478 e. The number of aromatic nitrogens is 2. The van der Waals surface area contributed by atoms with Gasteiger partial charge >= 0.3 is 11.9 Å². The number of nitrogens with zero attached hydrogens (tertiary/aromatic N) is 2. The molecular weight excluding hydrogens is 412 g/mol. The standard InChI is InChI=1S/C24H22N2O4S/c1-2-3-8-20-25-22-21(19(14-31-22)24(29)30)26(20)13-15-9-11-16(12-10-15)17-6-4-5-7-18(17)23(27)28/h4-7,9-12,14H,2-3,8,13H2,1H3,(H,27,28)(H,29,30). The van der Waals surface area contributed by atoms with E-state index < -0.39 is 11.9 Å². The van der Waals surface area contributed by atoms with Gasteiger partial charge < -0.3 is 14.8 Å². The normalized spacial score (nSPS) is 11.1. The first-order chi connectivity index (χ1) is 15.0. The number of imidazole rings is 1. The summed E-state index contributed by atoms with van der Waals surface area (Å²) >= 11 is 1.36. The van der Waals surface area contributed by atoms with Crippen LogP contribution < -0.4 is 0 Å². The summed E-state index contributed by atoms with van der Waals surface area (Å²) in [6.07, 6.45) is 2.81. The van der Waals surface area contributed by atoms with Crippen LogP contribution in [0.1, 0.15) is 51.9 Å². The Balaban J connectivity index is 1.70. The highest BCUT2D eigenvalue weighted by Crippen LogP contribution is 2.29. The third-order valence-electron chi connectivity index (χ3n) is 5.31. The Morgan fingerprint density at radius 2 is 1.71 bits per heavy atom. The molecule has 2 aromatic heterocycles. The second-order valence-corrected chi connectivity index (χ2v) is 8.23. The van der Waals surface area contributed by atoms with Crippen LogP contribution in [-0.4, -0.2) is 31.7 Å². The summed E-state index contributed by atoms with van der Waals surface area (Å²) in [5.74, 6) is -1.01. The minimum absolute atomic E-state index is 0.262. The Hall–Kier alpha value is -3.45. The van der Waals surface area contributed by atoms with E-state index >= 15 is 0 Å². The van der Waals surface area contributed by atoms with Crippen LogP contribution in [0.5, 0.6) is 0 Å². The summed E-state index contributed by atoms with van der Waals surface area (Å²) < 4.78 is 2.01. The number of fused-ring (bicyclic) bond motifs is 1. The number of benzene rings is 2. The third kappa shape index (κ3) is 4.09. The molecule has 0 aliphatic rings. The molecule has 4 aromatic rings. The van der Waals surface area contributed by atoms with Gasteiger partial charge in [-0.05, 0) is 29.2 Å². The Bertz CT molecular complexity index is 1250. The van der Waals surface area contributed by atoms with E-state index in [2.05, 4.69) is 6.92 Å². The quantitative estimate of drug-likeness (QED) is 0.379. The van der Waals surface area contributed by atoms with Gasteiger partial charge in [-0.25, -0.2) is 14.6 Å². The highest BCUT2D eigenvalue weighted by atomic mass is 32.1. The third-order valence-corrected chi connectivity index (χ3v) is 6.17. The summed E-state index contributed by atoms with van der Waals surface area (Å²) in [7, 11) is 0. The number of thiophene rings is 1. The summed E-state index contributed by atoms with van der Waals surface area (Å²) in [4.78, 5) is 28.7. The molecule has 0 atom stereocenters. The molecule has 2 N–H and O–H groups in total. The Labute approximate surface area is 183 Å². The van der Waals surface area contributed by atoms with Crippen LogP contribution in [0.2, 0.25) is 0 Å². The average molecular weight is 435 g/mol. The van der Waals surface area contributed by atoms with Gasteiger partial charge in [0.2, 0.25) is 0 Å². The van der Waals surface area contributed by atoms with E-state index in [-0.39, 0.29) is 11.1 Å². The predicted molar refractivity (Wildman–Crippen MR) is 121 cm³/mol. The molecule has 0 saturated heterocycles. The van der Waals surface area contributed by atoms with Crippen LogP contribution in [0.15, 0.2) is 53.9 Å². The van der Waals surface area contributed by atoms with Gasteiger partial charge in [-0.15, -0.1) is 11.3 Å². The Kier molecular flexibility index (Phi) is 5.86. The van der Waals surface area contributed by atoms with Crippen molar-refractivity contribution in [1.29, 1.82) is 0 Å². The minimum atomic E-state index is -0.959. The predicted octanol–water partition coefficient (Wildman–Crippen LogP) is 5.55. The van der Waals surface area contributed by atoms with Crippen LogP contribution in [0.3, 0.4) is 0 Å². The van der Waals surface area contributed by atoms with Gasteiger partial charge in [0.15, 0.2) is 0 Å². The number of aromatic carboxylic acids is 2. The number of carboxylic acid groups (broad SMARTS) is 2. The fourth-order valence-corrected chi connectivity index (χ4v) is 4.66. The molecule has 0 fully saturated rings. The van der Waals surface area contributed by atoms with E-state index in [1.54, 1.807) is 23.6 Å². The van der Waals surface area contributed by atoms with Crippen molar-refractivity contribution >= 4 is 33.6 Å². The molecule has 7 heteroatoms. The van der Waals surface area contributed by atoms with Crippen molar-refractivity contribution in [1.82, 2.24) is 9.55 Å². The maximum absolute atomic E-state index is 11.7. The first-order valence-electron chi connectivity index (χ1n) is 10.1.